The van der Waals surface area contributed by atoms with Crippen LogP contribution in [0.2, 0.25) is 0 Å². The third kappa shape index (κ3) is 6.34. The second-order valence-electron chi connectivity index (χ2n) is 6.39. The number of benzene rings is 2. The molecule has 0 saturated carbocycles. The van der Waals surface area contributed by atoms with E-state index in [1.165, 1.54) is 49.5 Å². The van der Waals surface area contributed by atoms with Gasteiger partial charge >= 0.3 is 0 Å². The number of anilines is 1. The van der Waals surface area contributed by atoms with Crippen LogP contribution in [0.15, 0.2) is 40.7 Å². The van der Waals surface area contributed by atoms with E-state index in [2.05, 4.69) is 21.6 Å². The molecule has 0 unspecified atom stereocenters. The largest absolute Gasteiger partial charge is 0.493 e. The number of carbonyl (C=O) groups excluding carboxylic acids is 2. The minimum absolute atomic E-state index is 0.160. The van der Waals surface area contributed by atoms with Gasteiger partial charge in [0.05, 0.1) is 25.9 Å². The second kappa shape index (κ2) is 11.2. The summed E-state index contributed by atoms with van der Waals surface area (Å²) in [5.41, 5.74) is 7.00. The number of nitriles is 1. The number of hydrogen-bond acceptors (Lipinski definition) is 10. The van der Waals surface area contributed by atoms with Gasteiger partial charge in [0.2, 0.25) is 10.9 Å². The zero-order chi connectivity index (χ0) is 23.8. The fourth-order valence-corrected chi connectivity index (χ4v) is 4.31. The summed E-state index contributed by atoms with van der Waals surface area (Å²) in [4.78, 5) is 23.8. The Balaban J connectivity index is 1.67. The molecule has 2 aromatic carbocycles. The molecule has 0 saturated heterocycles. The molecule has 2 amide bonds. The lowest BCUT2D eigenvalue weighted by Crippen LogP contribution is -2.20. The zero-order valence-electron chi connectivity index (χ0n) is 17.7. The highest BCUT2D eigenvalue weighted by molar-refractivity contribution is 8.00. The van der Waals surface area contributed by atoms with Gasteiger partial charge in [0.15, 0.2) is 22.4 Å². The number of thioether (sulfide) groups is 1. The van der Waals surface area contributed by atoms with E-state index in [0.717, 1.165) is 5.56 Å². The van der Waals surface area contributed by atoms with Crippen molar-refractivity contribution in [1.82, 2.24) is 10.2 Å². The first-order valence-corrected chi connectivity index (χ1v) is 11.2. The Bertz CT molecular complexity index is 1170. The predicted octanol–water partition coefficient (Wildman–Crippen LogP) is 2.84. The topological polar surface area (TPSA) is 149 Å². The number of primary amides is 1. The first-order chi connectivity index (χ1) is 15.9. The lowest BCUT2D eigenvalue weighted by Gasteiger charge is -2.15. The van der Waals surface area contributed by atoms with Crippen LogP contribution in [0.3, 0.4) is 0 Å². The van der Waals surface area contributed by atoms with Crippen LogP contribution < -0.4 is 25.3 Å². The van der Waals surface area contributed by atoms with Crippen LogP contribution in [0.4, 0.5) is 5.13 Å². The third-order valence-electron chi connectivity index (χ3n) is 4.15. The molecule has 0 aliphatic heterocycles. The highest BCUT2D eigenvalue weighted by Crippen LogP contribution is 2.39. The predicted molar refractivity (Wildman–Crippen MR) is 123 cm³/mol. The summed E-state index contributed by atoms with van der Waals surface area (Å²) >= 11 is 2.70. The van der Waals surface area contributed by atoms with E-state index in [1.54, 1.807) is 12.1 Å². The summed E-state index contributed by atoms with van der Waals surface area (Å²) in [7, 11) is 2.80. The average molecular weight is 486 g/mol. The number of rotatable bonds is 10. The van der Waals surface area contributed by atoms with E-state index < -0.39 is 11.8 Å². The number of ether oxygens (including phenoxy) is 3. The second-order valence-corrected chi connectivity index (χ2v) is 8.59. The van der Waals surface area contributed by atoms with Gasteiger partial charge in [0.1, 0.15) is 0 Å². The molecule has 0 atom stereocenters. The maximum atomic E-state index is 12.7. The van der Waals surface area contributed by atoms with Gasteiger partial charge < -0.3 is 19.9 Å². The van der Waals surface area contributed by atoms with Gasteiger partial charge in [-0.05, 0) is 29.8 Å². The van der Waals surface area contributed by atoms with E-state index >= 15 is 0 Å². The van der Waals surface area contributed by atoms with Gasteiger partial charge in [-0.1, -0.05) is 35.2 Å². The van der Waals surface area contributed by atoms with Crippen molar-refractivity contribution in [3.05, 3.63) is 53.1 Å². The van der Waals surface area contributed by atoms with E-state index in [-0.39, 0.29) is 29.4 Å². The molecule has 33 heavy (non-hydrogen) atoms. The summed E-state index contributed by atoms with van der Waals surface area (Å²) in [5.74, 6) is 0.106. The smallest absolute Gasteiger partial charge is 0.257 e. The van der Waals surface area contributed by atoms with Gasteiger partial charge in [-0.25, -0.2) is 0 Å². The molecule has 0 spiro atoms. The number of amides is 2. The number of nitrogens with zero attached hydrogens (tertiary/aromatic N) is 3. The summed E-state index contributed by atoms with van der Waals surface area (Å²) in [5, 5.41) is 20.0. The van der Waals surface area contributed by atoms with Crippen LogP contribution >= 0.6 is 23.1 Å². The van der Waals surface area contributed by atoms with E-state index in [4.69, 9.17) is 25.2 Å². The van der Waals surface area contributed by atoms with Gasteiger partial charge in [0, 0.05) is 11.3 Å². The van der Waals surface area contributed by atoms with Crippen LogP contribution in [0.1, 0.15) is 21.5 Å². The fourth-order valence-electron chi connectivity index (χ4n) is 2.61. The van der Waals surface area contributed by atoms with Gasteiger partial charge in [-0.3, -0.25) is 14.9 Å². The molecular weight excluding hydrogens is 466 g/mol. The number of nitrogens with one attached hydrogen (secondary N) is 1. The molecule has 0 aliphatic rings. The van der Waals surface area contributed by atoms with Crippen LogP contribution in [-0.4, -0.2) is 42.8 Å². The maximum Gasteiger partial charge on any atom is 0.257 e. The third-order valence-corrected chi connectivity index (χ3v) is 6.20. The lowest BCUT2D eigenvalue weighted by molar-refractivity contribution is -0.120. The molecule has 3 aromatic rings. The van der Waals surface area contributed by atoms with E-state index in [1.807, 2.05) is 12.1 Å². The van der Waals surface area contributed by atoms with Gasteiger partial charge in [-0.2, -0.15) is 5.26 Å². The van der Waals surface area contributed by atoms with Crippen molar-refractivity contribution >= 4 is 40.0 Å². The van der Waals surface area contributed by atoms with Crippen molar-refractivity contribution in [1.29, 1.82) is 5.26 Å². The SMILES string of the molecule is COc1cc(C(=O)Nc2nnc(SCc3ccc(C#N)cc3)s2)cc(OC)c1OCC(N)=O. The fraction of sp³-hybridized carbons (Fsp3) is 0.190. The molecule has 10 nitrogen and oxygen atoms in total. The molecule has 0 fully saturated rings. The van der Waals surface area contributed by atoms with Crippen molar-refractivity contribution in [2.75, 3.05) is 26.1 Å². The number of hydrogen-bond donors (Lipinski definition) is 2. The standard InChI is InChI=1S/C21H19N5O5S2/c1-29-15-7-14(8-16(30-2)18(15)31-10-17(23)27)19(28)24-20-25-26-21(33-20)32-11-13-5-3-12(9-22)4-6-13/h3-8H,10-11H2,1-2H3,(H2,23,27)(H,24,25,28). The number of carbonyl (C=O) groups is 2. The van der Waals surface area contributed by atoms with Gasteiger partial charge in [0.25, 0.3) is 11.8 Å². The summed E-state index contributed by atoms with van der Waals surface area (Å²) in [6, 6.07) is 12.3. The Kier molecular flexibility index (Phi) is 8.06. The molecule has 0 radical (unpaired) electrons. The van der Waals surface area contributed by atoms with Crippen molar-refractivity contribution in [3.8, 4) is 23.3 Å². The Morgan fingerprint density at radius 1 is 1.15 bits per heavy atom. The molecular formula is C21H19N5O5S2. The first-order valence-electron chi connectivity index (χ1n) is 9.37. The molecule has 0 aliphatic carbocycles. The molecule has 3 N–H and O–H groups in total. The average Bonchev–Trinajstić information content (AvgIpc) is 3.28. The monoisotopic (exact) mass is 485 g/mol. The number of aromatic nitrogens is 2. The molecule has 1 aromatic heterocycles. The zero-order valence-corrected chi connectivity index (χ0v) is 19.3. The highest BCUT2D eigenvalue weighted by atomic mass is 32.2. The van der Waals surface area contributed by atoms with Crippen LogP contribution in [0.5, 0.6) is 17.2 Å². The van der Waals surface area contributed by atoms with Crippen molar-refractivity contribution in [2.24, 2.45) is 5.73 Å². The molecule has 1 heterocycles. The molecule has 170 valence electrons. The van der Waals surface area contributed by atoms with Crippen molar-refractivity contribution < 1.29 is 23.8 Å². The Morgan fingerprint density at radius 3 is 2.39 bits per heavy atom. The van der Waals surface area contributed by atoms with E-state index in [0.29, 0.717) is 20.8 Å². The summed E-state index contributed by atoms with van der Waals surface area (Å²) in [6.07, 6.45) is 0. The van der Waals surface area contributed by atoms with Gasteiger partial charge in [-0.15, -0.1) is 10.2 Å². The minimum Gasteiger partial charge on any atom is -0.493 e. The molecule has 3 rings (SSSR count). The Labute approximate surface area is 197 Å². The first kappa shape index (κ1) is 23.8. The molecule has 12 heteroatoms. The van der Waals surface area contributed by atoms with Crippen LogP contribution in [0, 0.1) is 11.3 Å². The van der Waals surface area contributed by atoms with Crippen molar-refractivity contribution in [3.63, 3.8) is 0 Å². The lowest BCUT2D eigenvalue weighted by atomic mass is 10.1. The number of methoxy groups -OCH3 is 2. The van der Waals surface area contributed by atoms with Crippen LogP contribution in [0.25, 0.3) is 0 Å². The summed E-state index contributed by atoms with van der Waals surface area (Å²) < 4.78 is 16.6. The Hall–Kier alpha value is -3.82. The molecule has 0 bridgehead atoms. The number of nitrogens with two attached hydrogens (primary N) is 1. The minimum atomic E-state index is -0.662. The Morgan fingerprint density at radius 2 is 1.82 bits per heavy atom. The normalized spacial score (nSPS) is 10.2. The van der Waals surface area contributed by atoms with Crippen molar-refractivity contribution in [2.45, 2.75) is 10.1 Å². The van der Waals surface area contributed by atoms with E-state index in [9.17, 15) is 9.59 Å². The summed E-state index contributed by atoms with van der Waals surface area (Å²) in [6.45, 7) is -0.369. The maximum absolute atomic E-state index is 12.7. The highest BCUT2D eigenvalue weighted by Gasteiger charge is 2.19. The quantitative estimate of drug-likeness (QED) is 0.326. The van der Waals surface area contributed by atoms with Crippen LogP contribution in [-0.2, 0) is 10.5 Å².